The number of aryl methyl sites for hydroxylation is 1. The van der Waals surface area contributed by atoms with Crippen molar-refractivity contribution in [1.29, 1.82) is 0 Å². The maximum Gasteiger partial charge on any atom is 0.311 e. The number of likely N-dealkylation sites (tertiary alicyclic amines) is 1. The quantitative estimate of drug-likeness (QED) is 0.699. The Morgan fingerprint density at radius 2 is 1.79 bits per heavy atom. The van der Waals surface area contributed by atoms with Crippen LogP contribution < -0.4 is 5.32 Å². The highest BCUT2D eigenvalue weighted by Crippen LogP contribution is 2.20. The molecule has 6 nitrogen and oxygen atoms in total. The Balaban J connectivity index is 1.42. The van der Waals surface area contributed by atoms with Gasteiger partial charge in [-0.25, -0.2) is 0 Å². The summed E-state index contributed by atoms with van der Waals surface area (Å²) in [5.74, 6) is -1.47. The molecule has 29 heavy (non-hydrogen) atoms. The van der Waals surface area contributed by atoms with E-state index in [0.717, 1.165) is 18.4 Å². The van der Waals surface area contributed by atoms with Crippen LogP contribution in [0.5, 0.6) is 0 Å². The van der Waals surface area contributed by atoms with Crippen LogP contribution in [0.25, 0.3) is 0 Å². The molecule has 0 aromatic heterocycles. The number of nitrogens with zero attached hydrogens (tertiary/aromatic N) is 1. The highest BCUT2D eigenvalue weighted by molar-refractivity contribution is 5.93. The van der Waals surface area contributed by atoms with E-state index in [1.807, 2.05) is 54.6 Å². The average molecular weight is 394 g/mol. The van der Waals surface area contributed by atoms with Crippen molar-refractivity contribution in [3.05, 3.63) is 65.7 Å². The van der Waals surface area contributed by atoms with Crippen LogP contribution in [-0.4, -0.2) is 42.4 Å². The summed E-state index contributed by atoms with van der Waals surface area (Å²) in [6.45, 7) is 2.61. The van der Waals surface area contributed by atoms with E-state index >= 15 is 0 Å². The molecule has 152 valence electrons. The minimum atomic E-state index is -0.519. The van der Waals surface area contributed by atoms with E-state index in [1.165, 1.54) is 5.56 Å². The van der Waals surface area contributed by atoms with Crippen molar-refractivity contribution >= 4 is 23.5 Å². The molecule has 3 rings (SSSR count). The molecule has 6 heteroatoms. The minimum absolute atomic E-state index is 0.0525. The first-order valence-electron chi connectivity index (χ1n) is 9.92. The summed E-state index contributed by atoms with van der Waals surface area (Å²) in [5, 5.41) is 2.70. The lowest BCUT2D eigenvalue weighted by atomic mass is 10.1. The fraction of sp³-hybridized carbons (Fsp3) is 0.348. The zero-order chi connectivity index (χ0) is 20.6. The molecule has 1 aliphatic rings. The number of carbonyl (C=O) groups is 3. The molecule has 2 amide bonds. The van der Waals surface area contributed by atoms with Gasteiger partial charge < -0.3 is 15.0 Å². The van der Waals surface area contributed by atoms with E-state index in [2.05, 4.69) is 12.2 Å². The van der Waals surface area contributed by atoms with Crippen molar-refractivity contribution in [1.82, 2.24) is 4.90 Å². The first-order valence-corrected chi connectivity index (χ1v) is 9.92. The normalized spacial score (nSPS) is 16.0. The number of carbonyl (C=O) groups excluding carboxylic acids is 3. The summed E-state index contributed by atoms with van der Waals surface area (Å²) in [4.78, 5) is 38.1. The van der Waals surface area contributed by atoms with Crippen molar-refractivity contribution in [2.45, 2.75) is 26.2 Å². The molecule has 1 aliphatic heterocycles. The Labute approximate surface area is 170 Å². The van der Waals surface area contributed by atoms with Crippen LogP contribution in [0.4, 0.5) is 5.69 Å². The molecular weight excluding hydrogens is 368 g/mol. The van der Waals surface area contributed by atoms with Gasteiger partial charge in [-0.05, 0) is 36.1 Å². The van der Waals surface area contributed by atoms with Crippen molar-refractivity contribution in [3.8, 4) is 0 Å². The second-order valence-corrected chi connectivity index (χ2v) is 7.18. The number of anilines is 1. The number of ether oxygens (including phenoxy) is 1. The van der Waals surface area contributed by atoms with Crippen LogP contribution >= 0.6 is 0 Å². The molecule has 1 heterocycles. The molecular formula is C23H26N2O4. The first kappa shape index (κ1) is 20.6. The number of hydrogen-bond acceptors (Lipinski definition) is 4. The zero-order valence-corrected chi connectivity index (χ0v) is 16.6. The molecule has 0 bridgehead atoms. The lowest BCUT2D eigenvalue weighted by molar-refractivity contribution is -0.151. The Morgan fingerprint density at radius 1 is 1.07 bits per heavy atom. The number of hydrogen-bond donors (Lipinski definition) is 1. The van der Waals surface area contributed by atoms with Crippen LogP contribution in [0, 0.1) is 5.92 Å². The monoisotopic (exact) mass is 394 g/mol. The molecule has 0 radical (unpaired) electrons. The number of rotatable bonds is 8. The van der Waals surface area contributed by atoms with Crippen molar-refractivity contribution < 1.29 is 19.1 Å². The molecule has 1 fully saturated rings. The predicted octanol–water partition coefficient (Wildman–Crippen LogP) is 2.82. The van der Waals surface area contributed by atoms with Crippen molar-refractivity contribution in [2.24, 2.45) is 5.92 Å². The molecule has 2 aromatic carbocycles. The molecule has 0 spiro atoms. The van der Waals surface area contributed by atoms with Gasteiger partial charge in [-0.1, -0.05) is 49.4 Å². The van der Waals surface area contributed by atoms with E-state index in [1.54, 1.807) is 4.90 Å². The SMILES string of the molecule is CCc1ccc(NC(=O)COC(=O)C2CC(=O)N(CCc3ccccc3)C2)cc1. The van der Waals surface area contributed by atoms with Gasteiger partial charge in [-0.2, -0.15) is 0 Å². The van der Waals surface area contributed by atoms with Gasteiger partial charge in [0, 0.05) is 25.2 Å². The summed E-state index contributed by atoms with van der Waals surface area (Å²) in [7, 11) is 0. The van der Waals surface area contributed by atoms with Crippen LogP contribution in [0.15, 0.2) is 54.6 Å². The Hall–Kier alpha value is -3.15. The van der Waals surface area contributed by atoms with Crippen LogP contribution in [0.3, 0.4) is 0 Å². The summed E-state index contributed by atoms with van der Waals surface area (Å²) >= 11 is 0. The van der Waals surface area contributed by atoms with Crippen molar-refractivity contribution in [3.63, 3.8) is 0 Å². The van der Waals surface area contributed by atoms with Crippen LogP contribution in [0.2, 0.25) is 0 Å². The lowest BCUT2D eigenvalue weighted by Crippen LogP contribution is -2.29. The summed E-state index contributed by atoms with van der Waals surface area (Å²) < 4.78 is 5.13. The number of benzene rings is 2. The molecule has 0 aliphatic carbocycles. The van der Waals surface area contributed by atoms with E-state index in [0.29, 0.717) is 18.8 Å². The van der Waals surface area contributed by atoms with Gasteiger partial charge in [0.2, 0.25) is 5.91 Å². The smallest absolute Gasteiger partial charge is 0.311 e. The topological polar surface area (TPSA) is 75.7 Å². The number of amides is 2. The average Bonchev–Trinajstić information content (AvgIpc) is 3.12. The molecule has 1 unspecified atom stereocenters. The second-order valence-electron chi connectivity index (χ2n) is 7.18. The molecule has 2 aromatic rings. The standard InChI is InChI=1S/C23H26N2O4/c1-2-17-8-10-20(11-9-17)24-21(26)16-29-23(28)19-14-22(27)25(15-19)13-12-18-6-4-3-5-7-18/h3-11,19H,2,12-16H2,1H3,(H,24,26). The highest BCUT2D eigenvalue weighted by Gasteiger charge is 2.35. The third-order valence-electron chi connectivity index (χ3n) is 5.05. The van der Waals surface area contributed by atoms with Gasteiger partial charge in [0.15, 0.2) is 6.61 Å². The molecule has 1 saturated heterocycles. The van der Waals surface area contributed by atoms with Gasteiger partial charge in [-0.15, -0.1) is 0 Å². The van der Waals surface area contributed by atoms with Gasteiger partial charge in [0.1, 0.15) is 0 Å². The highest BCUT2D eigenvalue weighted by atomic mass is 16.5. The summed E-state index contributed by atoms with van der Waals surface area (Å²) in [5.41, 5.74) is 2.98. The Kier molecular flexibility index (Phi) is 7.00. The van der Waals surface area contributed by atoms with Gasteiger partial charge in [0.25, 0.3) is 5.91 Å². The fourth-order valence-corrected chi connectivity index (χ4v) is 3.33. The Bertz CT molecular complexity index is 849. The maximum atomic E-state index is 12.3. The summed E-state index contributed by atoms with van der Waals surface area (Å²) in [6, 6.07) is 17.4. The third kappa shape index (κ3) is 5.91. The maximum absolute atomic E-state index is 12.3. The van der Waals surface area contributed by atoms with E-state index in [4.69, 9.17) is 4.74 Å². The van der Waals surface area contributed by atoms with Gasteiger partial charge in [0.05, 0.1) is 5.92 Å². The van der Waals surface area contributed by atoms with Crippen molar-refractivity contribution in [2.75, 3.05) is 25.0 Å². The first-order chi connectivity index (χ1) is 14.0. The van der Waals surface area contributed by atoms with E-state index in [9.17, 15) is 14.4 Å². The zero-order valence-electron chi connectivity index (χ0n) is 16.6. The number of esters is 1. The minimum Gasteiger partial charge on any atom is -0.455 e. The molecule has 0 saturated carbocycles. The largest absolute Gasteiger partial charge is 0.455 e. The van der Waals surface area contributed by atoms with E-state index < -0.39 is 17.8 Å². The molecule has 1 atom stereocenters. The second kappa shape index (κ2) is 9.87. The molecule has 1 N–H and O–H groups in total. The predicted molar refractivity (Wildman–Crippen MR) is 110 cm³/mol. The third-order valence-corrected chi connectivity index (χ3v) is 5.05. The lowest BCUT2D eigenvalue weighted by Gasteiger charge is -2.16. The summed E-state index contributed by atoms with van der Waals surface area (Å²) in [6.07, 6.45) is 1.80. The van der Waals surface area contributed by atoms with Gasteiger partial charge in [-0.3, -0.25) is 14.4 Å². The fourth-order valence-electron chi connectivity index (χ4n) is 3.33. The van der Waals surface area contributed by atoms with Crippen LogP contribution in [0.1, 0.15) is 24.5 Å². The van der Waals surface area contributed by atoms with Crippen LogP contribution in [-0.2, 0) is 32.0 Å². The van der Waals surface area contributed by atoms with Gasteiger partial charge >= 0.3 is 5.97 Å². The number of nitrogens with one attached hydrogen (secondary N) is 1. The Morgan fingerprint density at radius 3 is 2.48 bits per heavy atom. The van der Waals surface area contributed by atoms with E-state index in [-0.39, 0.29) is 18.9 Å².